The van der Waals surface area contributed by atoms with Crippen LogP contribution >= 0.6 is 0 Å². The van der Waals surface area contributed by atoms with E-state index in [1.807, 2.05) is 42.5 Å². The van der Waals surface area contributed by atoms with E-state index in [1.54, 1.807) is 0 Å². The zero-order chi connectivity index (χ0) is 14.1. The molecule has 1 atom stereocenters. The third-order valence-corrected chi connectivity index (χ3v) is 3.76. The predicted octanol–water partition coefficient (Wildman–Crippen LogP) is 2.31. The first-order valence-corrected chi connectivity index (χ1v) is 6.60. The van der Waals surface area contributed by atoms with Crippen molar-refractivity contribution in [3.63, 3.8) is 0 Å². The summed E-state index contributed by atoms with van der Waals surface area (Å²) >= 11 is 0. The fourth-order valence-electron chi connectivity index (χ4n) is 2.69. The third-order valence-electron chi connectivity index (χ3n) is 3.76. The van der Waals surface area contributed by atoms with Crippen LogP contribution in [0.25, 0.3) is 10.8 Å². The van der Waals surface area contributed by atoms with Gasteiger partial charge in [-0.05, 0) is 29.2 Å². The molecule has 0 aromatic heterocycles. The molecule has 1 unspecified atom stereocenters. The number of aryl methyl sites for hydroxylation is 1. The summed E-state index contributed by atoms with van der Waals surface area (Å²) in [5, 5.41) is 2.26. The van der Waals surface area contributed by atoms with E-state index in [2.05, 4.69) is 0 Å². The maximum atomic E-state index is 11.6. The summed E-state index contributed by atoms with van der Waals surface area (Å²) < 4.78 is 0. The molecule has 3 heteroatoms. The molecule has 1 aliphatic rings. The number of rotatable bonds is 3. The van der Waals surface area contributed by atoms with Crippen molar-refractivity contribution in [3.05, 3.63) is 54.4 Å². The van der Waals surface area contributed by atoms with Gasteiger partial charge in [-0.15, -0.1) is 0 Å². The molecule has 1 saturated carbocycles. The summed E-state index contributed by atoms with van der Waals surface area (Å²) in [7, 11) is 0. The number of hydrogen-bond acceptors (Lipinski definition) is 3. The van der Waals surface area contributed by atoms with Crippen molar-refractivity contribution in [2.45, 2.75) is 12.8 Å². The highest BCUT2D eigenvalue weighted by Crippen LogP contribution is 2.24. The van der Waals surface area contributed by atoms with Crippen molar-refractivity contribution in [1.82, 2.24) is 0 Å². The Morgan fingerprint density at radius 1 is 0.900 bits per heavy atom. The van der Waals surface area contributed by atoms with Gasteiger partial charge in [0.1, 0.15) is 6.42 Å². The number of carbonyl (C=O) groups is 3. The second-order valence-corrected chi connectivity index (χ2v) is 5.00. The third kappa shape index (κ3) is 2.16. The molecular weight excluding hydrogens is 252 g/mol. The Morgan fingerprint density at radius 3 is 2.40 bits per heavy atom. The minimum atomic E-state index is -0.776. The van der Waals surface area contributed by atoms with Gasteiger partial charge in [0, 0.05) is 0 Å². The maximum Gasteiger partial charge on any atom is 0.210 e. The van der Waals surface area contributed by atoms with Crippen molar-refractivity contribution >= 4 is 28.1 Å². The van der Waals surface area contributed by atoms with Gasteiger partial charge < -0.3 is 0 Å². The molecule has 0 N–H and O–H groups in total. The van der Waals surface area contributed by atoms with Crippen LogP contribution in [0.1, 0.15) is 12.0 Å². The number of fused-ring (bicyclic) bond motifs is 1. The van der Waals surface area contributed by atoms with E-state index >= 15 is 0 Å². The number of Topliss-reactive ketones (excluding diaryl/α,β-unsaturated/α-hetero) is 3. The lowest BCUT2D eigenvalue weighted by Crippen LogP contribution is -2.17. The van der Waals surface area contributed by atoms with Crippen LogP contribution in [0.4, 0.5) is 0 Å². The van der Waals surface area contributed by atoms with Gasteiger partial charge in [-0.3, -0.25) is 14.4 Å². The zero-order valence-electron chi connectivity index (χ0n) is 10.8. The van der Waals surface area contributed by atoms with Gasteiger partial charge in [0.2, 0.25) is 11.6 Å². The predicted molar refractivity (Wildman–Crippen MR) is 75.1 cm³/mol. The van der Waals surface area contributed by atoms with Crippen LogP contribution in [0.5, 0.6) is 0 Å². The number of ketones is 3. The highest BCUT2D eigenvalue weighted by Gasteiger charge is 2.39. The quantitative estimate of drug-likeness (QED) is 0.632. The monoisotopic (exact) mass is 265 g/mol. The average Bonchev–Trinajstić information content (AvgIpc) is 2.70. The fourth-order valence-corrected chi connectivity index (χ4v) is 2.69. The first-order valence-electron chi connectivity index (χ1n) is 6.60. The average molecular weight is 265 g/mol. The molecule has 0 spiro atoms. The molecule has 99 valence electrons. The molecule has 0 bridgehead atoms. The number of hydrogen-bond donors (Lipinski definition) is 0. The normalized spacial score (nSPS) is 19.0. The highest BCUT2D eigenvalue weighted by molar-refractivity contribution is 6.55. The number of benzene rings is 2. The van der Waals surface area contributed by atoms with Crippen LogP contribution in [0.3, 0.4) is 0 Å². The summed E-state index contributed by atoms with van der Waals surface area (Å²) in [6.45, 7) is 0. The van der Waals surface area contributed by atoms with Crippen molar-refractivity contribution in [2.75, 3.05) is 0 Å². The molecule has 1 radical (unpaired) electrons. The topological polar surface area (TPSA) is 51.2 Å². The van der Waals surface area contributed by atoms with E-state index in [0.717, 1.165) is 22.8 Å². The molecule has 3 rings (SSSR count). The Hall–Kier alpha value is -2.29. The van der Waals surface area contributed by atoms with E-state index in [1.165, 1.54) is 0 Å². The molecular formula is C17H13O3. The summed E-state index contributed by atoms with van der Waals surface area (Å²) in [5.41, 5.74) is 1.10. The van der Waals surface area contributed by atoms with Crippen molar-refractivity contribution < 1.29 is 14.4 Å². The van der Waals surface area contributed by atoms with E-state index in [4.69, 9.17) is 0 Å². The van der Waals surface area contributed by atoms with Gasteiger partial charge in [0.25, 0.3) is 0 Å². The van der Waals surface area contributed by atoms with Gasteiger partial charge in [-0.2, -0.15) is 0 Å². The largest absolute Gasteiger partial charge is 0.298 e. The van der Waals surface area contributed by atoms with Crippen LogP contribution in [-0.4, -0.2) is 17.3 Å². The van der Waals surface area contributed by atoms with Crippen LogP contribution in [0.15, 0.2) is 42.5 Å². The molecule has 20 heavy (non-hydrogen) atoms. The molecule has 0 saturated heterocycles. The van der Waals surface area contributed by atoms with Crippen LogP contribution in [-0.2, 0) is 20.8 Å². The Kier molecular flexibility index (Phi) is 3.18. The molecule has 3 nitrogen and oxygen atoms in total. The van der Waals surface area contributed by atoms with Gasteiger partial charge in [0.05, 0.1) is 5.92 Å². The fraction of sp³-hybridized carbons (Fsp3) is 0.176. The maximum absolute atomic E-state index is 11.6. The van der Waals surface area contributed by atoms with E-state index < -0.39 is 17.5 Å². The van der Waals surface area contributed by atoms with Crippen molar-refractivity contribution in [2.24, 2.45) is 5.92 Å². The number of carbonyl (C=O) groups excluding carboxylic acids is 3. The first kappa shape index (κ1) is 12.7. The second-order valence-electron chi connectivity index (χ2n) is 5.00. The molecule has 1 fully saturated rings. The van der Waals surface area contributed by atoms with E-state index in [0.29, 0.717) is 12.8 Å². The van der Waals surface area contributed by atoms with Crippen molar-refractivity contribution in [1.29, 1.82) is 0 Å². The Balaban J connectivity index is 1.83. The molecule has 2 aromatic rings. The van der Waals surface area contributed by atoms with E-state index in [9.17, 15) is 14.4 Å². The molecule has 0 amide bonds. The van der Waals surface area contributed by atoms with E-state index in [-0.39, 0.29) is 5.78 Å². The van der Waals surface area contributed by atoms with Gasteiger partial charge in [-0.1, -0.05) is 42.5 Å². The summed E-state index contributed by atoms with van der Waals surface area (Å²) in [5.74, 6) is -2.34. The second kappa shape index (κ2) is 5.00. The lowest BCUT2D eigenvalue weighted by molar-refractivity contribution is -0.135. The zero-order valence-corrected chi connectivity index (χ0v) is 10.8. The molecule has 0 aliphatic heterocycles. The minimum absolute atomic E-state index is 0.347. The minimum Gasteiger partial charge on any atom is -0.298 e. The summed E-state index contributed by atoms with van der Waals surface area (Å²) in [4.78, 5) is 34.4. The lowest BCUT2D eigenvalue weighted by atomic mass is 9.94. The van der Waals surface area contributed by atoms with Gasteiger partial charge in [0.15, 0.2) is 5.78 Å². The lowest BCUT2D eigenvalue weighted by Gasteiger charge is -2.08. The smallest absolute Gasteiger partial charge is 0.210 e. The molecule has 0 heterocycles. The van der Waals surface area contributed by atoms with Crippen LogP contribution in [0, 0.1) is 12.3 Å². The Morgan fingerprint density at radius 2 is 1.65 bits per heavy atom. The van der Waals surface area contributed by atoms with Gasteiger partial charge >= 0.3 is 0 Å². The summed E-state index contributed by atoms with van der Waals surface area (Å²) in [6.07, 6.45) is 1.94. The van der Waals surface area contributed by atoms with Gasteiger partial charge in [-0.25, -0.2) is 0 Å². The summed E-state index contributed by atoms with van der Waals surface area (Å²) in [6, 6.07) is 14.0. The van der Waals surface area contributed by atoms with Crippen LogP contribution in [0.2, 0.25) is 0 Å². The Bertz CT molecular complexity index is 710. The van der Waals surface area contributed by atoms with Crippen molar-refractivity contribution in [3.8, 4) is 0 Å². The SMILES string of the molecule is O=C1[CH]C(=O)C(CCc2cccc3ccccc23)C1=O. The van der Waals surface area contributed by atoms with Crippen LogP contribution < -0.4 is 0 Å². The molecule has 2 aromatic carbocycles. The molecule has 1 aliphatic carbocycles. The standard InChI is InChI=1S/C17H13O3/c18-15-10-16(19)17(20)14(15)9-8-12-6-3-5-11-4-1-2-7-13(11)12/h1-7,10,14H,8-9H2. The first-order chi connectivity index (χ1) is 9.66. The highest BCUT2D eigenvalue weighted by atomic mass is 16.2. The Labute approximate surface area is 116 Å².